The van der Waals surface area contributed by atoms with E-state index in [1.54, 1.807) is 23.8 Å². The highest BCUT2D eigenvalue weighted by Gasteiger charge is 2.22. The molecule has 0 atom stereocenters. The maximum absolute atomic E-state index is 12.7. The summed E-state index contributed by atoms with van der Waals surface area (Å²) in [5.74, 6) is 2.04. The van der Waals surface area contributed by atoms with Crippen LogP contribution in [0.15, 0.2) is 59.1 Å². The SMILES string of the molecule is COc1cccc(-c2nnc(SCc3nc(C(=O)N4CCOCC4)cs3)n2-c2ccc(C)cc2)c1. The van der Waals surface area contributed by atoms with Gasteiger partial charge in [0.05, 0.1) is 26.1 Å². The third kappa shape index (κ3) is 5.24. The third-order valence-electron chi connectivity index (χ3n) is 5.65. The van der Waals surface area contributed by atoms with Crippen LogP contribution in [0.3, 0.4) is 0 Å². The predicted octanol–water partition coefficient (Wildman–Crippen LogP) is 4.47. The number of hydrogen-bond donors (Lipinski definition) is 0. The number of nitrogens with zero attached hydrogens (tertiary/aromatic N) is 5. The standard InChI is InChI=1S/C25H25N5O3S2/c1-17-6-8-19(9-7-17)30-23(18-4-3-5-20(14-18)32-2)27-28-25(30)35-16-22-26-21(15-34-22)24(31)29-10-12-33-13-11-29/h3-9,14-15H,10-13,16H2,1-2H3. The first-order valence-electron chi connectivity index (χ1n) is 11.2. The minimum atomic E-state index is -0.0380. The number of carbonyl (C=O) groups is 1. The number of hydrogen-bond acceptors (Lipinski definition) is 8. The largest absolute Gasteiger partial charge is 0.497 e. The van der Waals surface area contributed by atoms with Crippen molar-refractivity contribution in [1.82, 2.24) is 24.6 Å². The molecule has 0 aliphatic carbocycles. The second-order valence-corrected chi connectivity index (χ2v) is 9.91. The number of methoxy groups -OCH3 is 1. The molecule has 1 amide bonds. The number of ether oxygens (including phenoxy) is 2. The molecule has 180 valence electrons. The number of aromatic nitrogens is 4. The number of aryl methyl sites for hydroxylation is 1. The summed E-state index contributed by atoms with van der Waals surface area (Å²) in [6.07, 6.45) is 0. The Balaban J connectivity index is 1.40. The van der Waals surface area contributed by atoms with E-state index in [1.807, 2.05) is 34.2 Å². The first kappa shape index (κ1) is 23.5. The van der Waals surface area contributed by atoms with E-state index in [4.69, 9.17) is 9.47 Å². The number of thioether (sulfide) groups is 1. The molecule has 2 aromatic carbocycles. The molecule has 1 saturated heterocycles. The maximum Gasteiger partial charge on any atom is 0.273 e. The molecule has 1 aliphatic rings. The molecule has 4 aromatic rings. The second-order valence-electron chi connectivity index (χ2n) is 8.03. The molecule has 0 spiro atoms. The fourth-order valence-corrected chi connectivity index (χ4v) is 5.51. The van der Waals surface area contributed by atoms with Crippen molar-refractivity contribution in [1.29, 1.82) is 0 Å². The van der Waals surface area contributed by atoms with Crippen LogP contribution < -0.4 is 4.74 Å². The quantitative estimate of drug-likeness (QED) is 0.341. The van der Waals surface area contributed by atoms with Crippen molar-refractivity contribution in [3.8, 4) is 22.8 Å². The van der Waals surface area contributed by atoms with Gasteiger partial charge in [0.25, 0.3) is 5.91 Å². The number of amides is 1. The van der Waals surface area contributed by atoms with Crippen LogP contribution in [0.25, 0.3) is 17.1 Å². The molecule has 0 N–H and O–H groups in total. The summed E-state index contributed by atoms with van der Waals surface area (Å²) >= 11 is 3.03. The van der Waals surface area contributed by atoms with Gasteiger partial charge in [0, 0.05) is 29.7 Å². The Hall–Kier alpha value is -3.21. The molecule has 1 aliphatic heterocycles. The van der Waals surface area contributed by atoms with Crippen LogP contribution in [0.2, 0.25) is 0 Å². The first-order chi connectivity index (χ1) is 17.1. The summed E-state index contributed by atoms with van der Waals surface area (Å²) in [6.45, 7) is 4.42. The van der Waals surface area contributed by atoms with Crippen molar-refractivity contribution in [3.63, 3.8) is 0 Å². The molecule has 1 fully saturated rings. The Kier molecular flexibility index (Phi) is 7.12. The number of morpholine rings is 1. The van der Waals surface area contributed by atoms with Gasteiger partial charge in [-0.15, -0.1) is 21.5 Å². The molecule has 0 bridgehead atoms. The normalized spacial score (nSPS) is 13.7. The Morgan fingerprint density at radius 1 is 1.14 bits per heavy atom. The zero-order valence-corrected chi connectivity index (χ0v) is 21.1. The van der Waals surface area contributed by atoms with Gasteiger partial charge in [-0.25, -0.2) is 4.98 Å². The molecule has 3 heterocycles. The van der Waals surface area contributed by atoms with E-state index in [-0.39, 0.29) is 5.91 Å². The fraction of sp³-hybridized carbons (Fsp3) is 0.280. The monoisotopic (exact) mass is 507 g/mol. The van der Waals surface area contributed by atoms with E-state index in [1.165, 1.54) is 16.9 Å². The van der Waals surface area contributed by atoms with Gasteiger partial charge in [0.2, 0.25) is 0 Å². The summed E-state index contributed by atoms with van der Waals surface area (Å²) in [6, 6.07) is 16.1. The van der Waals surface area contributed by atoms with Crippen molar-refractivity contribution in [2.75, 3.05) is 33.4 Å². The average Bonchev–Trinajstić information content (AvgIpc) is 3.55. The smallest absolute Gasteiger partial charge is 0.273 e. The summed E-state index contributed by atoms with van der Waals surface area (Å²) < 4.78 is 12.8. The van der Waals surface area contributed by atoms with Gasteiger partial charge in [0.15, 0.2) is 11.0 Å². The second kappa shape index (κ2) is 10.6. The number of carbonyl (C=O) groups excluding carboxylic acids is 1. The lowest BCUT2D eigenvalue weighted by atomic mass is 10.2. The van der Waals surface area contributed by atoms with E-state index in [0.29, 0.717) is 37.8 Å². The molecule has 10 heteroatoms. The molecule has 0 saturated carbocycles. The van der Waals surface area contributed by atoms with E-state index < -0.39 is 0 Å². The minimum absolute atomic E-state index is 0.0380. The predicted molar refractivity (Wildman–Crippen MR) is 136 cm³/mol. The molecular formula is C25H25N5O3S2. The van der Waals surface area contributed by atoms with E-state index in [9.17, 15) is 4.79 Å². The van der Waals surface area contributed by atoms with Gasteiger partial charge in [-0.3, -0.25) is 9.36 Å². The van der Waals surface area contributed by atoms with Gasteiger partial charge >= 0.3 is 0 Å². The summed E-state index contributed by atoms with van der Waals surface area (Å²) in [4.78, 5) is 19.1. The lowest BCUT2D eigenvalue weighted by Crippen LogP contribution is -2.40. The molecule has 5 rings (SSSR count). The highest BCUT2D eigenvalue weighted by atomic mass is 32.2. The van der Waals surface area contributed by atoms with Gasteiger partial charge in [-0.2, -0.15) is 0 Å². The third-order valence-corrected chi connectivity index (χ3v) is 7.62. The topological polar surface area (TPSA) is 82.4 Å². The molecule has 0 radical (unpaired) electrons. The van der Waals surface area contributed by atoms with Crippen molar-refractivity contribution < 1.29 is 14.3 Å². The lowest BCUT2D eigenvalue weighted by Gasteiger charge is -2.25. The Morgan fingerprint density at radius 3 is 2.71 bits per heavy atom. The van der Waals surface area contributed by atoms with Crippen molar-refractivity contribution in [3.05, 3.63) is 70.2 Å². The lowest BCUT2D eigenvalue weighted by molar-refractivity contribution is 0.0299. The molecule has 8 nitrogen and oxygen atoms in total. The van der Waals surface area contributed by atoms with E-state index in [0.717, 1.165) is 33.0 Å². The van der Waals surface area contributed by atoms with Crippen LogP contribution in [-0.4, -0.2) is 64.0 Å². The first-order valence-corrected chi connectivity index (χ1v) is 13.1. The highest BCUT2D eigenvalue weighted by Crippen LogP contribution is 2.32. The fourth-order valence-electron chi connectivity index (χ4n) is 3.77. The summed E-state index contributed by atoms with van der Waals surface area (Å²) in [7, 11) is 1.65. The number of thiazole rings is 1. The van der Waals surface area contributed by atoms with Gasteiger partial charge in [-0.1, -0.05) is 41.6 Å². The van der Waals surface area contributed by atoms with Crippen LogP contribution in [0.5, 0.6) is 5.75 Å². The minimum Gasteiger partial charge on any atom is -0.497 e. The summed E-state index contributed by atoms with van der Waals surface area (Å²) in [5, 5.41) is 12.5. The van der Waals surface area contributed by atoms with Crippen LogP contribution in [-0.2, 0) is 10.5 Å². The van der Waals surface area contributed by atoms with E-state index >= 15 is 0 Å². The van der Waals surface area contributed by atoms with Crippen LogP contribution in [0, 0.1) is 6.92 Å². The molecule has 2 aromatic heterocycles. The molecular weight excluding hydrogens is 482 g/mol. The van der Waals surface area contributed by atoms with Crippen molar-refractivity contribution in [2.24, 2.45) is 0 Å². The molecule has 35 heavy (non-hydrogen) atoms. The van der Waals surface area contributed by atoms with Gasteiger partial charge < -0.3 is 14.4 Å². The molecule has 0 unspecified atom stereocenters. The van der Waals surface area contributed by atoms with Crippen LogP contribution in [0.1, 0.15) is 21.1 Å². The summed E-state index contributed by atoms with van der Waals surface area (Å²) in [5.41, 5.74) is 3.56. The van der Waals surface area contributed by atoms with Gasteiger partial charge in [0.1, 0.15) is 16.5 Å². The maximum atomic E-state index is 12.7. The van der Waals surface area contributed by atoms with Crippen LogP contribution >= 0.6 is 23.1 Å². The average molecular weight is 508 g/mol. The Bertz CT molecular complexity index is 1310. The van der Waals surface area contributed by atoms with Crippen LogP contribution in [0.4, 0.5) is 0 Å². The number of rotatable bonds is 7. The van der Waals surface area contributed by atoms with E-state index in [2.05, 4.69) is 46.4 Å². The Labute approximate surface area is 211 Å². The van der Waals surface area contributed by atoms with Crippen molar-refractivity contribution in [2.45, 2.75) is 17.8 Å². The Morgan fingerprint density at radius 2 is 1.94 bits per heavy atom. The zero-order chi connectivity index (χ0) is 24.2. The highest BCUT2D eigenvalue weighted by molar-refractivity contribution is 7.98. The van der Waals surface area contributed by atoms with Gasteiger partial charge in [-0.05, 0) is 31.2 Å². The number of benzene rings is 2. The van der Waals surface area contributed by atoms with Crippen molar-refractivity contribution >= 4 is 29.0 Å². The zero-order valence-electron chi connectivity index (χ0n) is 19.5.